The first-order valence-electron chi connectivity index (χ1n) is 4.11. The summed E-state index contributed by atoms with van der Waals surface area (Å²) in [4.78, 5) is 0. The average Bonchev–Trinajstić information content (AvgIpc) is 1.88. The Morgan fingerprint density at radius 1 is 1.55 bits per heavy atom. The molecule has 0 amide bonds. The molecule has 2 nitrogen and oxygen atoms in total. The van der Waals surface area contributed by atoms with Gasteiger partial charge in [0.15, 0.2) is 0 Å². The molecule has 0 aliphatic carbocycles. The summed E-state index contributed by atoms with van der Waals surface area (Å²) in [7, 11) is 0. The monoisotopic (exact) mass is 179 g/mol. The highest BCUT2D eigenvalue weighted by atomic mass is 35.5. The van der Waals surface area contributed by atoms with E-state index in [2.05, 4.69) is 19.2 Å². The topological polar surface area (TPSA) is 21.3 Å². The van der Waals surface area contributed by atoms with Gasteiger partial charge in [0.1, 0.15) is 0 Å². The van der Waals surface area contributed by atoms with Crippen molar-refractivity contribution in [1.29, 1.82) is 0 Å². The van der Waals surface area contributed by atoms with Crippen molar-refractivity contribution in [2.45, 2.75) is 26.4 Å². The summed E-state index contributed by atoms with van der Waals surface area (Å²) in [5.41, 5.74) is 0. The Bertz CT molecular complexity index is 92.1. The van der Waals surface area contributed by atoms with Crippen molar-refractivity contribution >= 4 is 12.4 Å². The van der Waals surface area contributed by atoms with Crippen molar-refractivity contribution in [3.63, 3.8) is 0 Å². The van der Waals surface area contributed by atoms with Gasteiger partial charge < -0.3 is 10.1 Å². The van der Waals surface area contributed by atoms with E-state index in [1.165, 1.54) is 6.42 Å². The molecule has 0 spiro atoms. The molecule has 0 saturated carbocycles. The highest BCUT2D eigenvalue weighted by Crippen LogP contribution is 2.08. The summed E-state index contributed by atoms with van der Waals surface area (Å²) < 4.78 is 5.53. The lowest BCUT2D eigenvalue weighted by molar-refractivity contribution is 0.0163. The zero-order valence-electron chi connectivity index (χ0n) is 7.30. The van der Waals surface area contributed by atoms with Crippen LogP contribution >= 0.6 is 12.4 Å². The Balaban J connectivity index is 0.000001000. The highest BCUT2D eigenvalue weighted by molar-refractivity contribution is 5.85. The van der Waals surface area contributed by atoms with Crippen LogP contribution in [0.3, 0.4) is 0 Å². The van der Waals surface area contributed by atoms with E-state index in [1.54, 1.807) is 0 Å². The lowest BCUT2D eigenvalue weighted by atomic mass is 10.1. The summed E-state index contributed by atoms with van der Waals surface area (Å²) in [5, 5.41) is 3.32. The average molecular weight is 180 g/mol. The molecular weight excluding hydrogens is 162 g/mol. The number of ether oxygens (including phenoxy) is 1. The molecule has 0 aromatic rings. The molecule has 11 heavy (non-hydrogen) atoms. The molecule has 1 atom stereocenters. The van der Waals surface area contributed by atoms with Crippen molar-refractivity contribution in [2.24, 2.45) is 5.92 Å². The highest BCUT2D eigenvalue weighted by Gasteiger charge is 2.13. The predicted molar refractivity (Wildman–Crippen MR) is 49.3 cm³/mol. The second-order valence-corrected chi connectivity index (χ2v) is 3.33. The molecule has 0 unspecified atom stereocenters. The third-order valence-corrected chi connectivity index (χ3v) is 1.74. The fourth-order valence-corrected chi connectivity index (χ4v) is 1.30. The van der Waals surface area contributed by atoms with Crippen molar-refractivity contribution in [2.75, 3.05) is 19.7 Å². The third kappa shape index (κ3) is 4.62. The van der Waals surface area contributed by atoms with Gasteiger partial charge in [-0.25, -0.2) is 0 Å². The molecule has 0 radical (unpaired) electrons. The minimum atomic E-state index is 0. The minimum Gasteiger partial charge on any atom is -0.376 e. The van der Waals surface area contributed by atoms with E-state index in [-0.39, 0.29) is 12.4 Å². The van der Waals surface area contributed by atoms with Crippen molar-refractivity contribution < 1.29 is 4.74 Å². The zero-order valence-corrected chi connectivity index (χ0v) is 8.12. The third-order valence-electron chi connectivity index (χ3n) is 1.74. The van der Waals surface area contributed by atoms with Crippen LogP contribution in [0.15, 0.2) is 0 Å². The Morgan fingerprint density at radius 3 is 2.73 bits per heavy atom. The largest absolute Gasteiger partial charge is 0.376 e. The smallest absolute Gasteiger partial charge is 0.0702 e. The SMILES string of the molecule is CC(C)C[C@@H]1CNCCO1.Cl. The maximum atomic E-state index is 5.53. The van der Waals surface area contributed by atoms with Gasteiger partial charge in [-0.1, -0.05) is 13.8 Å². The van der Waals surface area contributed by atoms with E-state index in [0.29, 0.717) is 6.10 Å². The van der Waals surface area contributed by atoms with E-state index in [0.717, 1.165) is 25.6 Å². The van der Waals surface area contributed by atoms with Crippen LogP contribution in [0, 0.1) is 5.92 Å². The van der Waals surface area contributed by atoms with Crippen molar-refractivity contribution in [3.8, 4) is 0 Å². The Kier molecular flexibility index (Phi) is 5.92. The molecule has 1 fully saturated rings. The molecular formula is C8H18ClNO. The molecule has 68 valence electrons. The van der Waals surface area contributed by atoms with Gasteiger partial charge in [-0.05, 0) is 12.3 Å². The summed E-state index contributed by atoms with van der Waals surface area (Å²) in [5.74, 6) is 0.755. The van der Waals surface area contributed by atoms with Gasteiger partial charge in [0.25, 0.3) is 0 Å². The van der Waals surface area contributed by atoms with Crippen molar-refractivity contribution in [3.05, 3.63) is 0 Å². The summed E-state index contributed by atoms with van der Waals surface area (Å²) in [6.07, 6.45) is 1.65. The van der Waals surface area contributed by atoms with Crippen LogP contribution in [0.25, 0.3) is 0 Å². The van der Waals surface area contributed by atoms with E-state index in [9.17, 15) is 0 Å². The van der Waals surface area contributed by atoms with Crippen LogP contribution in [0.1, 0.15) is 20.3 Å². The van der Waals surface area contributed by atoms with Crippen LogP contribution in [-0.2, 0) is 4.74 Å². The lowest BCUT2D eigenvalue weighted by Crippen LogP contribution is -2.39. The van der Waals surface area contributed by atoms with Gasteiger partial charge in [0, 0.05) is 13.1 Å². The minimum absolute atomic E-state index is 0. The van der Waals surface area contributed by atoms with Gasteiger partial charge in [0.05, 0.1) is 12.7 Å². The number of morpholine rings is 1. The number of nitrogens with one attached hydrogen (secondary N) is 1. The number of rotatable bonds is 2. The van der Waals surface area contributed by atoms with E-state index in [1.807, 2.05) is 0 Å². The molecule has 3 heteroatoms. The fourth-order valence-electron chi connectivity index (χ4n) is 1.30. The van der Waals surface area contributed by atoms with Crippen LogP contribution in [-0.4, -0.2) is 25.8 Å². The van der Waals surface area contributed by atoms with Crippen LogP contribution in [0.2, 0.25) is 0 Å². The normalized spacial score (nSPS) is 24.8. The van der Waals surface area contributed by atoms with Gasteiger partial charge in [-0.2, -0.15) is 0 Å². The molecule has 1 N–H and O–H groups in total. The molecule has 1 saturated heterocycles. The second kappa shape index (κ2) is 5.81. The van der Waals surface area contributed by atoms with E-state index >= 15 is 0 Å². The molecule has 1 aliphatic heterocycles. The second-order valence-electron chi connectivity index (χ2n) is 3.33. The predicted octanol–water partition coefficient (Wildman–Crippen LogP) is 1.44. The first kappa shape index (κ1) is 11.2. The van der Waals surface area contributed by atoms with E-state index in [4.69, 9.17) is 4.74 Å². The van der Waals surface area contributed by atoms with Crippen LogP contribution < -0.4 is 5.32 Å². The summed E-state index contributed by atoms with van der Waals surface area (Å²) >= 11 is 0. The Morgan fingerprint density at radius 2 is 2.27 bits per heavy atom. The maximum Gasteiger partial charge on any atom is 0.0702 e. The van der Waals surface area contributed by atoms with E-state index < -0.39 is 0 Å². The molecule has 0 bridgehead atoms. The van der Waals surface area contributed by atoms with Gasteiger partial charge in [0.2, 0.25) is 0 Å². The Hall–Kier alpha value is 0.210. The summed E-state index contributed by atoms with van der Waals surface area (Å²) in [6, 6.07) is 0. The van der Waals surface area contributed by atoms with Crippen LogP contribution in [0.5, 0.6) is 0 Å². The number of halogens is 1. The lowest BCUT2D eigenvalue weighted by Gasteiger charge is -2.24. The molecule has 0 aromatic carbocycles. The molecule has 1 aliphatic rings. The van der Waals surface area contributed by atoms with Gasteiger partial charge in [-0.15, -0.1) is 12.4 Å². The quantitative estimate of drug-likeness (QED) is 0.693. The standard InChI is InChI=1S/C8H17NO.ClH/c1-7(2)5-8-6-9-3-4-10-8;/h7-9H,3-6H2,1-2H3;1H/t8-;/m1./s1. The first-order chi connectivity index (χ1) is 4.79. The van der Waals surface area contributed by atoms with Crippen LogP contribution in [0.4, 0.5) is 0 Å². The fraction of sp³-hybridized carbons (Fsp3) is 1.00. The maximum absolute atomic E-state index is 5.53. The molecule has 1 heterocycles. The molecule has 1 rings (SSSR count). The Labute approximate surface area is 75.1 Å². The van der Waals surface area contributed by atoms with Crippen molar-refractivity contribution in [1.82, 2.24) is 5.32 Å². The molecule has 0 aromatic heterocycles. The first-order valence-corrected chi connectivity index (χ1v) is 4.11. The summed E-state index contributed by atoms with van der Waals surface area (Å²) in [6.45, 7) is 7.42. The number of hydrogen-bond acceptors (Lipinski definition) is 2. The van der Waals surface area contributed by atoms with Gasteiger partial charge >= 0.3 is 0 Å². The van der Waals surface area contributed by atoms with Gasteiger partial charge in [-0.3, -0.25) is 0 Å². The number of hydrogen-bond donors (Lipinski definition) is 1. The zero-order chi connectivity index (χ0) is 7.40.